The first kappa shape index (κ1) is 21.4. The van der Waals surface area contributed by atoms with E-state index in [1.807, 2.05) is 53.1 Å². The Hall–Kier alpha value is -3.47. The van der Waals surface area contributed by atoms with Gasteiger partial charge in [0.1, 0.15) is 11.3 Å². The molecule has 6 nitrogen and oxygen atoms in total. The number of fused-ring (bicyclic) bond motifs is 2. The van der Waals surface area contributed by atoms with Crippen molar-refractivity contribution in [3.05, 3.63) is 87.4 Å². The van der Waals surface area contributed by atoms with E-state index in [-0.39, 0.29) is 29.0 Å². The summed E-state index contributed by atoms with van der Waals surface area (Å²) in [5.74, 6) is -1.75. The first-order valence-corrected chi connectivity index (χ1v) is 11.2. The third kappa shape index (κ3) is 4.04. The molecular weight excluding hydrogens is 539 g/mol. The van der Waals surface area contributed by atoms with Crippen molar-refractivity contribution in [3.63, 3.8) is 0 Å². The molecule has 0 radical (unpaired) electrons. The highest BCUT2D eigenvalue weighted by Crippen LogP contribution is 2.32. The minimum atomic E-state index is -0.718. The lowest BCUT2D eigenvalue weighted by atomic mass is 10.1. The van der Waals surface area contributed by atoms with Gasteiger partial charge in [-0.25, -0.2) is 13.8 Å². The average molecular weight is 557 g/mol. The fourth-order valence-corrected chi connectivity index (χ4v) is 4.19. The smallest absolute Gasteiger partial charge is 0.253 e. The fraction of sp³-hybridized carbons (Fsp3) is 0.0833. The van der Waals surface area contributed by atoms with Crippen molar-refractivity contribution in [2.24, 2.45) is 7.05 Å². The lowest BCUT2D eigenvalue weighted by Gasteiger charge is -2.15. The fourth-order valence-electron chi connectivity index (χ4n) is 3.74. The number of carbonyl (C=O) groups is 1. The third-order valence-electron chi connectivity index (χ3n) is 5.47. The quantitative estimate of drug-likeness (QED) is 0.246. The van der Waals surface area contributed by atoms with Gasteiger partial charge in [0, 0.05) is 28.9 Å². The number of aromatic amines is 1. The van der Waals surface area contributed by atoms with Crippen molar-refractivity contribution in [3.8, 4) is 0 Å². The number of imidazole rings is 1. The van der Waals surface area contributed by atoms with Gasteiger partial charge >= 0.3 is 0 Å². The zero-order valence-electron chi connectivity index (χ0n) is 17.4. The first-order valence-electron chi connectivity index (χ1n) is 10.1. The summed E-state index contributed by atoms with van der Waals surface area (Å²) in [5, 5.41) is 6.64. The van der Waals surface area contributed by atoms with Crippen LogP contribution >= 0.6 is 22.6 Å². The van der Waals surface area contributed by atoms with Crippen LogP contribution in [0.2, 0.25) is 0 Å². The van der Waals surface area contributed by atoms with E-state index < -0.39 is 17.5 Å². The Balaban J connectivity index is 1.51. The number of H-pyrrole nitrogens is 1. The van der Waals surface area contributed by atoms with E-state index in [9.17, 15) is 9.18 Å². The Labute approximate surface area is 201 Å². The summed E-state index contributed by atoms with van der Waals surface area (Å²) < 4.78 is 32.3. The summed E-state index contributed by atoms with van der Waals surface area (Å²) in [7, 11) is 1.72. The van der Waals surface area contributed by atoms with Gasteiger partial charge in [0.05, 0.1) is 28.8 Å². The summed E-state index contributed by atoms with van der Waals surface area (Å²) in [6, 6.07) is 13.9. The molecular formula is C24H18F2IN5O. The molecule has 0 aliphatic heterocycles. The Kier molecular flexibility index (Phi) is 5.49. The number of hydrogen-bond donors (Lipinski definition) is 3. The van der Waals surface area contributed by atoms with Crippen LogP contribution in [0.3, 0.4) is 0 Å². The van der Waals surface area contributed by atoms with Gasteiger partial charge in [-0.15, -0.1) is 0 Å². The normalized spacial score (nSPS) is 11.3. The highest BCUT2D eigenvalue weighted by atomic mass is 127. The SMILES string of the molecule is Cn1cnc2c(F)c(Nc3ccc(I)cc3F)c(C(=O)NCc3ccc4[nH]ccc4c3)cc21. The van der Waals surface area contributed by atoms with Crippen molar-refractivity contribution >= 4 is 61.8 Å². The van der Waals surface area contributed by atoms with Gasteiger partial charge in [-0.2, -0.15) is 0 Å². The van der Waals surface area contributed by atoms with E-state index in [0.29, 0.717) is 9.09 Å². The van der Waals surface area contributed by atoms with Crippen LogP contribution in [0.1, 0.15) is 15.9 Å². The lowest BCUT2D eigenvalue weighted by Crippen LogP contribution is -2.24. The van der Waals surface area contributed by atoms with Crippen LogP contribution in [-0.4, -0.2) is 20.4 Å². The van der Waals surface area contributed by atoms with Gasteiger partial charge in [0.15, 0.2) is 5.82 Å². The van der Waals surface area contributed by atoms with Gasteiger partial charge in [-0.1, -0.05) is 6.07 Å². The van der Waals surface area contributed by atoms with Crippen LogP contribution in [0, 0.1) is 15.2 Å². The maximum atomic E-state index is 15.5. The molecule has 0 saturated carbocycles. The van der Waals surface area contributed by atoms with Crippen molar-refractivity contribution in [1.29, 1.82) is 0 Å². The van der Waals surface area contributed by atoms with E-state index in [1.165, 1.54) is 18.5 Å². The number of benzene rings is 3. The van der Waals surface area contributed by atoms with Crippen LogP contribution in [0.25, 0.3) is 21.9 Å². The van der Waals surface area contributed by atoms with Crippen molar-refractivity contribution in [1.82, 2.24) is 19.9 Å². The molecule has 3 N–H and O–H groups in total. The standard InChI is InChI=1S/C24H18F2IN5O/c1-32-12-30-23-20(32)10-16(22(21(23)26)31-19-5-3-15(27)9-17(19)25)24(33)29-11-13-2-4-18-14(8-13)6-7-28-18/h2-10,12,28,31H,11H2,1H3,(H,29,33). The summed E-state index contributed by atoms with van der Waals surface area (Å²) in [6.07, 6.45) is 3.32. The predicted octanol–water partition coefficient (Wildman–Crippen LogP) is 5.61. The molecule has 5 rings (SSSR count). The number of nitrogens with zero attached hydrogens (tertiary/aromatic N) is 2. The average Bonchev–Trinajstić information content (AvgIpc) is 3.41. The second-order valence-electron chi connectivity index (χ2n) is 7.67. The van der Waals surface area contributed by atoms with Crippen molar-refractivity contribution in [2.45, 2.75) is 6.54 Å². The maximum Gasteiger partial charge on any atom is 0.253 e. The van der Waals surface area contributed by atoms with Gasteiger partial charge < -0.3 is 20.2 Å². The van der Waals surface area contributed by atoms with Crippen LogP contribution in [-0.2, 0) is 13.6 Å². The molecule has 166 valence electrons. The van der Waals surface area contributed by atoms with E-state index in [1.54, 1.807) is 23.7 Å². The maximum absolute atomic E-state index is 15.5. The first-order chi connectivity index (χ1) is 15.9. The van der Waals surface area contributed by atoms with Gasteiger partial charge in [0.25, 0.3) is 5.91 Å². The minimum Gasteiger partial charge on any atom is -0.361 e. The molecule has 0 unspecified atom stereocenters. The molecule has 2 heterocycles. The highest BCUT2D eigenvalue weighted by Gasteiger charge is 2.22. The molecule has 0 aliphatic carbocycles. The topological polar surface area (TPSA) is 74.7 Å². The number of aromatic nitrogens is 3. The van der Waals surface area contributed by atoms with Gasteiger partial charge in [0.2, 0.25) is 0 Å². The molecule has 1 amide bonds. The molecule has 0 bridgehead atoms. The Morgan fingerprint density at radius 3 is 2.82 bits per heavy atom. The Bertz CT molecular complexity index is 1520. The molecule has 0 saturated heterocycles. The molecule has 3 aromatic carbocycles. The molecule has 5 aromatic rings. The van der Waals surface area contributed by atoms with Crippen LogP contribution < -0.4 is 10.6 Å². The molecule has 2 aromatic heterocycles. The van der Waals surface area contributed by atoms with Gasteiger partial charge in [-0.3, -0.25) is 4.79 Å². The number of aryl methyl sites for hydroxylation is 1. The van der Waals surface area contributed by atoms with E-state index in [0.717, 1.165) is 16.5 Å². The third-order valence-corrected chi connectivity index (χ3v) is 6.14. The number of nitrogens with one attached hydrogen (secondary N) is 3. The largest absolute Gasteiger partial charge is 0.361 e. The van der Waals surface area contributed by atoms with Crippen molar-refractivity contribution < 1.29 is 13.6 Å². The highest BCUT2D eigenvalue weighted by molar-refractivity contribution is 14.1. The summed E-state index contributed by atoms with van der Waals surface area (Å²) in [4.78, 5) is 20.4. The molecule has 0 fully saturated rings. The monoisotopic (exact) mass is 557 g/mol. The van der Waals surface area contributed by atoms with Crippen molar-refractivity contribution in [2.75, 3.05) is 5.32 Å². The molecule has 33 heavy (non-hydrogen) atoms. The second-order valence-corrected chi connectivity index (χ2v) is 8.91. The molecule has 9 heteroatoms. The minimum absolute atomic E-state index is 0.0595. The predicted molar refractivity (Wildman–Crippen MR) is 133 cm³/mol. The molecule has 0 atom stereocenters. The summed E-state index contributed by atoms with van der Waals surface area (Å²) in [6.45, 7) is 0.252. The number of anilines is 2. The molecule has 0 spiro atoms. The number of halogens is 3. The zero-order valence-corrected chi connectivity index (χ0v) is 19.6. The van der Waals surface area contributed by atoms with Crippen LogP contribution in [0.4, 0.5) is 20.2 Å². The summed E-state index contributed by atoms with van der Waals surface area (Å²) in [5.41, 5.74) is 2.46. The van der Waals surface area contributed by atoms with E-state index in [4.69, 9.17) is 0 Å². The van der Waals surface area contributed by atoms with E-state index >= 15 is 4.39 Å². The lowest BCUT2D eigenvalue weighted by molar-refractivity contribution is 0.0951. The second kappa shape index (κ2) is 8.47. The van der Waals surface area contributed by atoms with Crippen LogP contribution in [0.5, 0.6) is 0 Å². The summed E-state index contributed by atoms with van der Waals surface area (Å²) >= 11 is 1.99. The Morgan fingerprint density at radius 1 is 1.15 bits per heavy atom. The van der Waals surface area contributed by atoms with E-state index in [2.05, 4.69) is 20.6 Å². The zero-order chi connectivity index (χ0) is 23.1. The number of amides is 1. The number of rotatable bonds is 5. The van der Waals surface area contributed by atoms with Crippen LogP contribution in [0.15, 0.2) is 61.1 Å². The van der Waals surface area contributed by atoms with Gasteiger partial charge in [-0.05, 0) is 76.0 Å². The number of hydrogen-bond acceptors (Lipinski definition) is 3. The number of carbonyl (C=O) groups excluding carboxylic acids is 1. The Morgan fingerprint density at radius 2 is 2.00 bits per heavy atom. The molecule has 0 aliphatic rings.